The molecule has 6 nitrogen and oxygen atoms in total. The fourth-order valence-electron chi connectivity index (χ4n) is 1.68. The first-order valence-electron chi connectivity index (χ1n) is 5.18. The van der Waals surface area contributed by atoms with Crippen LogP contribution in [-0.4, -0.2) is 21.6 Å². The second kappa shape index (κ2) is 4.96. The van der Waals surface area contributed by atoms with Crippen LogP contribution < -0.4 is 4.74 Å². The molecule has 0 saturated carbocycles. The Morgan fingerprint density at radius 3 is 2.68 bits per heavy atom. The Morgan fingerprint density at radius 1 is 1.53 bits per heavy atom. The van der Waals surface area contributed by atoms with E-state index in [4.69, 9.17) is 4.74 Å². The third-order valence-electron chi connectivity index (χ3n) is 2.48. The Bertz CT molecular complexity index is 657. The van der Waals surface area contributed by atoms with Crippen LogP contribution in [0.5, 0.6) is 5.75 Å². The van der Waals surface area contributed by atoms with E-state index in [2.05, 4.69) is 20.9 Å². The Labute approximate surface area is 116 Å². The van der Waals surface area contributed by atoms with E-state index in [9.17, 15) is 14.5 Å². The Balaban J connectivity index is 2.76. The summed E-state index contributed by atoms with van der Waals surface area (Å²) in [5.74, 6) is -0.769. The smallest absolute Gasteiger partial charge is 0.328 e. The molecule has 8 heteroatoms. The summed E-state index contributed by atoms with van der Waals surface area (Å²) in [6.07, 6.45) is 1.56. The van der Waals surface area contributed by atoms with Crippen LogP contribution in [0.2, 0.25) is 0 Å². The van der Waals surface area contributed by atoms with E-state index in [0.29, 0.717) is 10.4 Å². The molecular weight excluding hydrogens is 321 g/mol. The summed E-state index contributed by atoms with van der Waals surface area (Å²) in [6, 6.07) is 2.35. The highest BCUT2D eigenvalue weighted by Gasteiger charge is 2.24. The first-order chi connectivity index (χ1) is 8.93. The number of aromatic nitrogens is 2. The van der Waals surface area contributed by atoms with Crippen molar-refractivity contribution < 1.29 is 14.1 Å². The monoisotopic (exact) mass is 329 g/mol. The van der Waals surface area contributed by atoms with Crippen LogP contribution in [0.4, 0.5) is 10.1 Å². The van der Waals surface area contributed by atoms with Crippen molar-refractivity contribution in [2.45, 2.75) is 6.92 Å². The third-order valence-corrected chi connectivity index (χ3v) is 3.04. The number of rotatable bonds is 3. The first kappa shape index (κ1) is 13.5. The zero-order valence-corrected chi connectivity index (χ0v) is 11.6. The van der Waals surface area contributed by atoms with Gasteiger partial charge in [0.15, 0.2) is 4.73 Å². The van der Waals surface area contributed by atoms with Crippen LogP contribution in [0, 0.1) is 22.9 Å². The second-order valence-electron chi connectivity index (χ2n) is 3.76. The highest BCUT2D eigenvalue weighted by atomic mass is 79.9. The number of benzene rings is 1. The minimum Gasteiger partial charge on any atom is -0.497 e. The van der Waals surface area contributed by atoms with Gasteiger partial charge in [0.25, 0.3) is 0 Å². The molecule has 2 aromatic rings. The summed E-state index contributed by atoms with van der Waals surface area (Å²) in [5, 5.41) is 11.0. The fourth-order valence-corrected chi connectivity index (χ4v) is 2.25. The SMILES string of the molecule is COc1cc(F)c([N+](=O)[O-])c(-n2cc(C)nc2Br)c1. The molecule has 0 fully saturated rings. The average Bonchev–Trinajstić information content (AvgIpc) is 2.66. The number of halogens is 2. The van der Waals surface area contributed by atoms with Crippen LogP contribution in [0.15, 0.2) is 23.1 Å². The molecule has 0 aliphatic rings. The van der Waals surface area contributed by atoms with E-state index < -0.39 is 16.4 Å². The molecule has 2 rings (SSSR count). The molecule has 0 aliphatic heterocycles. The predicted octanol–water partition coefficient (Wildman–Crippen LogP) is 3.00. The standard InChI is InChI=1S/C11H9BrFN3O3/c1-6-5-15(11(12)14-6)9-4-7(19-2)3-8(13)10(9)16(17)18/h3-5H,1-2H3. The highest BCUT2D eigenvalue weighted by molar-refractivity contribution is 9.10. The molecule has 0 amide bonds. The molecule has 0 unspecified atom stereocenters. The maximum Gasteiger partial charge on any atom is 0.328 e. The van der Waals surface area contributed by atoms with Gasteiger partial charge in [-0.1, -0.05) is 0 Å². The van der Waals surface area contributed by atoms with Crippen molar-refractivity contribution in [1.29, 1.82) is 0 Å². The van der Waals surface area contributed by atoms with Crippen molar-refractivity contribution in [3.63, 3.8) is 0 Å². The number of nitro benzene ring substituents is 1. The van der Waals surface area contributed by atoms with Gasteiger partial charge in [-0.3, -0.25) is 14.7 Å². The van der Waals surface area contributed by atoms with Crippen LogP contribution in [0.1, 0.15) is 5.69 Å². The predicted molar refractivity (Wildman–Crippen MR) is 69.2 cm³/mol. The molecule has 0 bridgehead atoms. The summed E-state index contributed by atoms with van der Waals surface area (Å²) >= 11 is 3.17. The van der Waals surface area contributed by atoms with Crippen LogP contribution >= 0.6 is 15.9 Å². The Hall–Kier alpha value is -1.96. The summed E-state index contributed by atoms with van der Waals surface area (Å²) in [5.41, 5.74) is 0.0672. The van der Waals surface area contributed by atoms with Gasteiger partial charge in [-0.15, -0.1) is 0 Å². The molecule has 0 radical (unpaired) electrons. The van der Waals surface area contributed by atoms with Gasteiger partial charge in [-0.25, -0.2) is 4.98 Å². The van der Waals surface area contributed by atoms with Gasteiger partial charge in [-0.05, 0) is 22.9 Å². The molecule has 0 saturated heterocycles. The number of aryl methyl sites for hydroxylation is 1. The summed E-state index contributed by atoms with van der Waals surface area (Å²) in [4.78, 5) is 14.3. The van der Waals surface area contributed by atoms with Gasteiger partial charge < -0.3 is 4.74 Å². The van der Waals surface area contributed by atoms with E-state index in [1.54, 1.807) is 13.1 Å². The molecule has 19 heavy (non-hydrogen) atoms. The minimum absolute atomic E-state index is 0.0503. The lowest BCUT2D eigenvalue weighted by molar-refractivity contribution is -0.387. The molecule has 0 aliphatic carbocycles. The number of nitrogens with zero attached hydrogens (tertiary/aromatic N) is 3. The molecule has 0 N–H and O–H groups in total. The van der Waals surface area contributed by atoms with E-state index in [1.165, 1.54) is 17.7 Å². The number of hydrogen-bond acceptors (Lipinski definition) is 4. The van der Waals surface area contributed by atoms with Crippen molar-refractivity contribution in [3.8, 4) is 11.4 Å². The molecular formula is C11H9BrFN3O3. The van der Waals surface area contributed by atoms with Crippen molar-refractivity contribution in [3.05, 3.63) is 44.7 Å². The summed E-state index contributed by atoms with van der Waals surface area (Å²) < 4.78 is 20.5. The number of ether oxygens (including phenoxy) is 1. The number of imidazole rings is 1. The fraction of sp³-hybridized carbons (Fsp3) is 0.182. The maximum absolute atomic E-state index is 13.8. The van der Waals surface area contributed by atoms with Crippen molar-refractivity contribution in [1.82, 2.24) is 9.55 Å². The molecule has 0 atom stereocenters. The molecule has 1 heterocycles. The van der Waals surface area contributed by atoms with Crippen molar-refractivity contribution >= 4 is 21.6 Å². The lowest BCUT2D eigenvalue weighted by atomic mass is 10.2. The molecule has 1 aromatic heterocycles. The highest BCUT2D eigenvalue weighted by Crippen LogP contribution is 2.32. The average molecular weight is 330 g/mol. The number of hydrogen-bond donors (Lipinski definition) is 0. The van der Waals surface area contributed by atoms with E-state index in [-0.39, 0.29) is 11.4 Å². The second-order valence-corrected chi connectivity index (χ2v) is 4.46. The van der Waals surface area contributed by atoms with Crippen LogP contribution in [0.25, 0.3) is 5.69 Å². The Kier molecular flexibility index (Phi) is 3.52. The van der Waals surface area contributed by atoms with Gasteiger partial charge in [0.1, 0.15) is 11.4 Å². The largest absolute Gasteiger partial charge is 0.497 e. The molecule has 100 valence electrons. The number of nitro groups is 1. The van der Waals surface area contributed by atoms with E-state index in [0.717, 1.165) is 6.07 Å². The van der Waals surface area contributed by atoms with Crippen molar-refractivity contribution in [2.24, 2.45) is 0 Å². The van der Waals surface area contributed by atoms with Crippen molar-refractivity contribution in [2.75, 3.05) is 7.11 Å². The quantitative estimate of drug-likeness (QED) is 0.641. The summed E-state index contributed by atoms with van der Waals surface area (Å²) in [7, 11) is 1.36. The van der Waals surface area contributed by atoms with Gasteiger partial charge in [-0.2, -0.15) is 4.39 Å². The Morgan fingerprint density at radius 2 is 2.21 bits per heavy atom. The lowest BCUT2D eigenvalue weighted by Crippen LogP contribution is -2.03. The molecule has 0 spiro atoms. The van der Waals surface area contributed by atoms with E-state index >= 15 is 0 Å². The zero-order valence-electron chi connectivity index (χ0n) is 10.1. The lowest BCUT2D eigenvalue weighted by Gasteiger charge is -2.08. The summed E-state index contributed by atoms with van der Waals surface area (Å²) in [6.45, 7) is 1.73. The van der Waals surface area contributed by atoms with Crippen LogP contribution in [0.3, 0.4) is 0 Å². The molecule has 1 aromatic carbocycles. The van der Waals surface area contributed by atoms with Gasteiger partial charge in [0.2, 0.25) is 5.82 Å². The van der Waals surface area contributed by atoms with Crippen LogP contribution in [-0.2, 0) is 0 Å². The zero-order chi connectivity index (χ0) is 14.2. The number of methoxy groups -OCH3 is 1. The normalized spacial score (nSPS) is 10.5. The maximum atomic E-state index is 13.8. The van der Waals surface area contributed by atoms with Gasteiger partial charge in [0, 0.05) is 18.3 Å². The van der Waals surface area contributed by atoms with E-state index in [1.807, 2.05) is 0 Å². The third kappa shape index (κ3) is 2.43. The minimum atomic E-state index is -0.961. The van der Waals surface area contributed by atoms with Gasteiger partial charge >= 0.3 is 5.69 Å². The topological polar surface area (TPSA) is 70.2 Å². The first-order valence-corrected chi connectivity index (χ1v) is 5.97. The van der Waals surface area contributed by atoms with Gasteiger partial charge in [0.05, 0.1) is 17.7 Å².